The Morgan fingerprint density at radius 2 is 2.10 bits per heavy atom. The summed E-state index contributed by atoms with van der Waals surface area (Å²) in [6.45, 7) is -1.15. The van der Waals surface area contributed by atoms with Crippen molar-refractivity contribution in [3.8, 4) is 0 Å². The van der Waals surface area contributed by atoms with Crippen molar-refractivity contribution in [2.45, 2.75) is 12.7 Å². The van der Waals surface area contributed by atoms with Gasteiger partial charge in [-0.25, -0.2) is 4.79 Å². The summed E-state index contributed by atoms with van der Waals surface area (Å²) in [6, 6.07) is 3.39. The van der Waals surface area contributed by atoms with Gasteiger partial charge in [0, 0.05) is 12.1 Å². The highest BCUT2D eigenvalue weighted by Gasteiger charge is 2.16. The topological polar surface area (TPSA) is 142 Å². The molecule has 0 saturated carbocycles. The average molecular weight is 286 g/mol. The third kappa shape index (κ3) is 4.55. The van der Waals surface area contributed by atoms with Gasteiger partial charge < -0.3 is 20.2 Å². The zero-order chi connectivity index (χ0) is 15.1. The normalized spacial score (nSPS) is 11.9. The van der Waals surface area contributed by atoms with E-state index in [4.69, 9.17) is 15.3 Å². The van der Waals surface area contributed by atoms with E-state index in [1.165, 1.54) is 6.07 Å². The first-order chi connectivity index (χ1) is 9.47. The van der Waals surface area contributed by atoms with Crippen molar-refractivity contribution in [1.29, 1.82) is 0 Å². The van der Waals surface area contributed by atoms with Crippen LogP contribution in [0.3, 0.4) is 0 Å². The van der Waals surface area contributed by atoms with E-state index in [-0.39, 0.29) is 23.4 Å². The standard InChI is InChI=1S/C11H14N2O7/c14-5-7-1-8(3-9(2-7)13(18)19)11(17)20-12-4-10(16)6-15/h1-3,10,12,14-16H,4-6H2. The molecule has 0 aliphatic carbocycles. The lowest BCUT2D eigenvalue weighted by molar-refractivity contribution is -0.385. The molecule has 0 aromatic heterocycles. The van der Waals surface area contributed by atoms with Gasteiger partial charge in [0.05, 0.1) is 36.3 Å². The summed E-state index contributed by atoms with van der Waals surface area (Å²) in [6.07, 6.45) is -1.10. The van der Waals surface area contributed by atoms with Gasteiger partial charge in [-0.2, -0.15) is 5.48 Å². The van der Waals surface area contributed by atoms with Crippen LogP contribution in [0.1, 0.15) is 15.9 Å². The predicted octanol–water partition coefficient (Wildman–Crippen LogP) is -0.898. The Hall–Kier alpha value is -2.07. The molecular formula is C11H14N2O7. The molecule has 9 nitrogen and oxygen atoms in total. The van der Waals surface area contributed by atoms with Crippen molar-refractivity contribution in [1.82, 2.24) is 5.48 Å². The van der Waals surface area contributed by atoms with Gasteiger partial charge in [0.15, 0.2) is 0 Å². The Bertz CT molecular complexity index is 492. The van der Waals surface area contributed by atoms with Crippen molar-refractivity contribution >= 4 is 11.7 Å². The van der Waals surface area contributed by atoms with E-state index in [1.807, 2.05) is 0 Å². The molecule has 0 aliphatic heterocycles. The first kappa shape index (κ1) is 16.0. The fraction of sp³-hybridized carbons (Fsp3) is 0.364. The molecule has 0 heterocycles. The molecule has 0 saturated heterocycles. The summed E-state index contributed by atoms with van der Waals surface area (Å²) >= 11 is 0. The Morgan fingerprint density at radius 1 is 1.40 bits per heavy atom. The van der Waals surface area contributed by atoms with Gasteiger partial charge in [-0.3, -0.25) is 10.1 Å². The summed E-state index contributed by atoms with van der Waals surface area (Å²) in [5.41, 5.74) is 1.86. The third-order valence-electron chi connectivity index (χ3n) is 2.30. The highest BCUT2D eigenvalue weighted by molar-refractivity contribution is 5.90. The van der Waals surface area contributed by atoms with Gasteiger partial charge in [-0.15, -0.1) is 0 Å². The number of nitro benzene ring substituents is 1. The van der Waals surface area contributed by atoms with E-state index in [1.54, 1.807) is 0 Å². The summed E-state index contributed by atoms with van der Waals surface area (Å²) in [7, 11) is 0. The van der Waals surface area contributed by atoms with Crippen LogP contribution in [-0.4, -0.2) is 45.5 Å². The molecular weight excluding hydrogens is 272 g/mol. The van der Waals surface area contributed by atoms with Crippen LogP contribution in [0.2, 0.25) is 0 Å². The number of carbonyl (C=O) groups is 1. The second-order valence-electron chi connectivity index (χ2n) is 3.88. The Balaban J connectivity index is 2.76. The van der Waals surface area contributed by atoms with Crippen LogP contribution in [0, 0.1) is 10.1 Å². The molecule has 9 heteroatoms. The molecule has 4 N–H and O–H groups in total. The van der Waals surface area contributed by atoms with E-state index in [9.17, 15) is 14.9 Å². The number of hydrogen-bond donors (Lipinski definition) is 4. The predicted molar refractivity (Wildman–Crippen MR) is 65.5 cm³/mol. The van der Waals surface area contributed by atoms with E-state index >= 15 is 0 Å². The highest BCUT2D eigenvalue weighted by Crippen LogP contribution is 2.18. The number of nitrogens with one attached hydrogen (secondary N) is 1. The maximum Gasteiger partial charge on any atom is 0.357 e. The van der Waals surface area contributed by atoms with Crippen LogP contribution < -0.4 is 5.48 Å². The smallest absolute Gasteiger partial charge is 0.357 e. The summed E-state index contributed by atoms with van der Waals surface area (Å²) < 4.78 is 0. The molecule has 1 unspecified atom stereocenters. The molecule has 0 radical (unpaired) electrons. The Kier molecular flexibility index (Phi) is 6.00. The summed E-state index contributed by atoms with van der Waals surface area (Å²) in [4.78, 5) is 26.2. The number of hydroxylamine groups is 1. The third-order valence-corrected chi connectivity index (χ3v) is 2.30. The molecule has 110 valence electrons. The molecule has 0 aliphatic rings. The summed E-state index contributed by atoms with van der Waals surface area (Å²) in [5.74, 6) is -0.909. The number of carbonyl (C=O) groups excluding carboxylic acids is 1. The number of benzene rings is 1. The Labute approximate surface area is 113 Å². The van der Waals surface area contributed by atoms with E-state index in [0.29, 0.717) is 0 Å². The van der Waals surface area contributed by atoms with E-state index in [0.717, 1.165) is 12.1 Å². The molecule has 0 spiro atoms. The lowest BCUT2D eigenvalue weighted by Gasteiger charge is -2.09. The summed E-state index contributed by atoms with van der Waals surface area (Å²) in [5, 5.41) is 37.2. The van der Waals surface area contributed by atoms with E-state index < -0.39 is 30.2 Å². The van der Waals surface area contributed by atoms with Gasteiger partial charge in [-0.05, 0) is 11.6 Å². The zero-order valence-corrected chi connectivity index (χ0v) is 10.4. The van der Waals surface area contributed by atoms with Crippen LogP contribution in [0.15, 0.2) is 18.2 Å². The SMILES string of the molecule is O=C(ONCC(O)CO)c1cc(CO)cc([N+](=O)[O-])c1. The number of non-ortho nitro benzene ring substituents is 1. The van der Waals surface area contributed by atoms with Crippen molar-refractivity contribution in [3.05, 3.63) is 39.4 Å². The maximum absolute atomic E-state index is 11.6. The minimum absolute atomic E-state index is 0.116. The van der Waals surface area contributed by atoms with Gasteiger partial charge >= 0.3 is 5.97 Å². The van der Waals surface area contributed by atoms with Crippen LogP contribution in [0.5, 0.6) is 0 Å². The number of aliphatic hydroxyl groups excluding tert-OH is 3. The molecule has 1 aromatic rings. The quantitative estimate of drug-likeness (QED) is 0.373. The number of nitrogens with zero attached hydrogens (tertiary/aromatic N) is 1. The number of nitro groups is 1. The molecule has 1 atom stereocenters. The minimum atomic E-state index is -1.10. The van der Waals surface area contributed by atoms with Crippen molar-refractivity contribution in [3.63, 3.8) is 0 Å². The van der Waals surface area contributed by atoms with E-state index in [2.05, 4.69) is 10.3 Å². The molecule has 0 fully saturated rings. The monoisotopic (exact) mass is 286 g/mol. The molecule has 20 heavy (non-hydrogen) atoms. The largest absolute Gasteiger partial charge is 0.394 e. The fourth-order valence-electron chi connectivity index (χ4n) is 1.32. The van der Waals surface area contributed by atoms with Crippen LogP contribution in [0.25, 0.3) is 0 Å². The van der Waals surface area contributed by atoms with Crippen LogP contribution >= 0.6 is 0 Å². The van der Waals surface area contributed by atoms with Crippen molar-refractivity contribution in [2.75, 3.05) is 13.2 Å². The van der Waals surface area contributed by atoms with Gasteiger partial charge in [0.2, 0.25) is 0 Å². The number of rotatable bonds is 7. The van der Waals surface area contributed by atoms with Gasteiger partial charge in [-0.1, -0.05) is 0 Å². The zero-order valence-electron chi connectivity index (χ0n) is 10.4. The molecule has 1 rings (SSSR count). The lowest BCUT2D eigenvalue weighted by atomic mass is 10.1. The Morgan fingerprint density at radius 3 is 2.65 bits per heavy atom. The van der Waals surface area contributed by atoms with Crippen LogP contribution in [0.4, 0.5) is 5.69 Å². The minimum Gasteiger partial charge on any atom is -0.394 e. The number of hydrogen-bond acceptors (Lipinski definition) is 8. The fourth-order valence-corrected chi connectivity index (χ4v) is 1.32. The van der Waals surface area contributed by atoms with Crippen molar-refractivity contribution < 1.29 is 29.9 Å². The molecule has 0 bridgehead atoms. The second kappa shape index (κ2) is 7.50. The average Bonchev–Trinajstić information content (AvgIpc) is 2.46. The van der Waals surface area contributed by atoms with Gasteiger partial charge in [0.1, 0.15) is 0 Å². The second-order valence-corrected chi connectivity index (χ2v) is 3.88. The van der Waals surface area contributed by atoms with Crippen LogP contribution in [-0.2, 0) is 11.4 Å². The number of aliphatic hydroxyl groups is 3. The molecule has 0 amide bonds. The maximum atomic E-state index is 11.6. The highest BCUT2D eigenvalue weighted by atomic mass is 16.7. The lowest BCUT2D eigenvalue weighted by Crippen LogP contribution is -2.31. The van der Waals surface area contributed by atoms with Gasteiger partial charge in [0.25, 0.3) is 5.69 Å². The van der Waals surface area contributed by atoms with Crippen molar-refractivity contribution in [2.24, 2.45) is 0 Å². The first-order valence-corrected chi connectivity index (χ1v) is 5.60. The molecule has 1 aromatic carbocycles. The first-order valence-electron chi connectivity index (χ1n) is 5.60.